The van der Waals surface area contributed by atoms with Gasteiger partial charge in [-0.05, 0) is 11.1 Å². The Hall–Kier alpha value is -1.43. The molecule has 5 heteroatoms. The Morgan fingerprint density at radius 3 is 2.19 bits per heavy atom. The van der Waals surface area contributed by atoms with E-state index < -0.39 is 16.5 Å². The van der Waals surface area contributed by atoms with Crippen LogP contribution in [0.25, 0.3) is 6.08 Å². The normalized spacial score (nSPS) is 13.1. The van der Waals surface area contributed by atoms with Crippen LogP contribution in [0.4, 0.5) is 0 Å². The minimum atomic E-state index is -4.49. The number of benzene rings is 1. The molecule has 0 aliphatic carbocycles. The molecule has 1 rings (SSSR count). The van der Waals surface area contributed by atoms with Gasteiger partial charge < -0.3 is 0 Å². The second-order valence-electron chi connectivity index (χ2n) is 3.05. The fourth-order valence-electron chi connectivity index (χ4n) is 1.18. The first kappa shape index (κ1) is 12.6. The van der Waals surface area contributed by atoms with Crippen LogP contribution in [0.5, 0.6) is 0 Å². The lowest BCUT2D eigenvalue weighted by molar-refractivity contribution is 0.223. The van der Waals surface area contributed by atoms with Crippen LogP contribution >= 0.6 is 0 Å². The minimum absolute atomic E-state index is 0.582. The van der Waals surface area contributed by atoms with Gasteiger partial charge in [-0.2, -0.15) is 8.42 Å². The molecule has 0 amide bonds. The summed E-state index contributed by atoms with van der Waals surface area (Å²) in [5, 5.41) is 0. The van der Waals surface area contributed by atoms with Gasteiger partial charge in [0.05, 0.1) is 0 Å². The zero-order valence-electron chi connectivity index (χ0n) is 8.54. The van der Waals surface area contributed by atoms with Crippen LogP contribution < -0.4 is 0 Å². The van der Waals surface area contributed by atoms with E-state index in [-0.39, 0.29) is 0 Å². The van der Waals surface area contributed by atoms with Gasteiger partial charge in [0.15, 0.2) is 0 Å². The first-order valence-electron chi connectivity index (χ1n) is 4.47. The Bertz CT molecular complexity index is 473. The molecule has 1 aromatic carbocycles. The molecule has 0 bridgehead atoms. The summed E-state index contributed by atoms with van der Waals surface area (Å²) < 4.78 is 34.1. The predicted molar refractivity (Wildman–Crippen MR) is 62.1 cm³/mol. The average Bonchev–Trinajstić information content (AvgIpc) is 2.25. The van der Waals surface area contributed by atoms with E-state index in [9.17, 15) is 8.42 Å². The molecule has 1 unspecified atom stereocenters. The van der Waals surface area contributed by atoms with Crippen LogP contribution in [-0.2, 0) is 14.6 Å². The van der Waals surface area contributed by atoms with Crippen LogP contribution in [0.15, 0.2) is 43.5 Å². The molecular weight excluding hydrogens is 228 g/mol. The predicted octanol–water partition coefficient (Wildman–Crippen LogP) is 2.38. The van der Waals surface area contributed by atoms with Gasteiger partial charge >= 0.3 is 10.4 Å². The van der Waals surface area contributed by atoms with Gasteiger partial charge in [-0.3, -0.25) is 4.55 Å². The van der Waals surface area contributed by atoms with E-state index in [0.717, 1.165) is 5.56 Å². The zero-order valence-corrected chi connectivity index (χ0v) is 9.35. The summed E-state index contributed by atoms with van der Waals surface area (Å²) in [4.78, 5) is 0. The average molecular weight is 240 g/mol. The molecular formula is C11H12O4S. The van der Waals surface area contributed by atoms with Crippen molar-refractivity contribution < 1.29 is 17.2 Å². The van der Waals surface area contributed by atoms with Crippen LogP contribution in [0.3, 0.4) is 0 Å². The lowest BCUT2D eigenvalue weighted by atomic mass is 10.1. The highest BCUT2D eigenvalue weighted by atomic mass is 32.3. The maximum absolute atomic E-state index is 10.6. The van der Waals surface area contributed by atoms with Crippen LogP contribution in [0.2, 0.25) is 0 Å². The van der Waals surface area contributed by atoms with Crippen LogP contribution in [0.1, 0.15) is 17.2 Å². The van der Waals surface area contributed by atoms with Crippen LogP contribution in [-0.4, -0.2) is 13.0 Å². The third-order valence-electron chi connectivity index (χ3n) is 1.94. The number of hydrogen-bond acceptors (Lipinski definition) is 3. The van der Waals surface area contributed by atoms with E-state index in [1.165, 1.54) is 6.08 Å². The second-order valence-corrected chi connectivity index (χ2v) is 4.10. The van der Waals surface area contributed by atoms with Crippen LogP contribution in [0, 0.1) is 0 Å². The van der Waals surface area contributed by atoms with Crippen molar-refractivity contribution in [3.05, 3.63) is 54.6 Å². The van der Waals surface area contributed by atoms with Gasteiger partial charge in [-0.15, -0.1) is 6.58 Å². The summed E-state index contributed by atoms with van der Waals surface area (Å²) in [5.41, 5.74) is 1.48. The molecule has 0 aromatic heterocycles. The molecule has 0 spiro atoms. The number of hydrogen-bond donors (Lipinski definition) is 1. The van der Waals surface area contributed by atoms with Crippen molar-refractivity contribution in [1.29, 1.82) is 0 Å². The molecule has 1 atom stereocenters. The Morgan fingerprint density at radius 2 is 1.81 bits per heavy atom. The Kier molecular flexibility index (Phi) is 4.00. The van der Waals surface area contributed by atoms with Crippen molar-refractivity contribution in [1.82, 2.24) is 0 Å². The molecule has 0 saturated carbocycles. The van der Waals surface area contributed by atoms with Crippen molar-refractivity contribution in [3.63, 3.8) is 0 Å². The van der Waals surface area contributed by atoms with Gasteiger partial charge in [-0.1, -0.05) is 43.0 Å². The van der Waals surface area contributed by atoms with E-state index in [0.29, 0.717) is 5.56 Å². The summed E-state index contributed by atoms with van der Waals surface area (Å²) in [5.74, 6) is 0. The molecule has 86 valence electrons. The standard InChI is InChI=1S/C11H12O4S/c1-3-9-5-7-10(8-6-9)11(4-2)15-16(12,13)14/h3-8,11H,1-2H2,(H,12,13,14). The van der Waals surface area contributed by atoms with E-state index >= 15 is 0 Å². The molecule has 0 fully saturated rings. The molecule has 1 N–H and O–H groups in total. The Balaban J connectivity index is 2.95. The highest BCUT2D eigenvalue weighted by Gasteiger charge is 2.15. The summed E-state index contributed by atoms with van der Waals surface area (Å²) >= 11 is 0. The van der Waals surface area contributed by atoms with Gasteiger partial charge in [0.2, 0.25) is 0 Å². The zero-order chi connectivity index (χ0) is 12.2. The lowest BCUT2D eigenvalue weighted by Crippen LogP contribution is -2.08. The van der Waals surface area contributed by atoms with E-state index in [4.69, 9.17) is 4.55 Å². The first-order chi connectivity index (χ1) is 7.46. The molecule has 0 radical (unpaired) electrons. The largest absolute Gasteiger partial charge is 0.398 e. The quantitative estimate of drug-likeness (QED) is 0.634. The highest BCUT2D eigenvalue weighted by molar-refractivity contribution is 7.80. The SMILES string of the molecule is C=Cc1ccc(C(C=C)OS(=O)(=O)O)cc1. The van der Waals surface area contributed by atoms with E-state index in [1.54, 1.807) is 30.3 Å². The van der Waals surface area contributed by atoms with E-state index in [1.807, 2.05) is 0 Å². The highest BCUT2D eigenvalue weighted by Crippen LogP contribution is 2.21. The molecule has 4 nitrogen and oxygen atoms in total. The molecule has 1 aromatic rings. The number of rotatable bonds is 5. The van der Waals surface area contributed by atoms with Gasteiger partial charge in [0, 0.05) is 0 Å². The molecule has 0 aliphatic rings. The summed E-state index contributed by atoms with van der Waals surface area (Å²) in [7, 11) is -4.49. The maximum atomic E-state index is 10.6. The maximum Gasteiger partial charge on any atom is 0.398 e. The topological polar surface area (TPSA) is 63.6 Å². The monoisotopic (exact) mass is 240 g/mol. The second kappa shape index (κ2) is 5.07. The Morgan fingerprint density at radius 1 is 1.25 bits per heavy atom. The van der Waals surface area contributed by atoms with Crippen molar-refractivity contribution in [2.75, 3.05) is 0 Å². The fraction of sp³-hybridized carbons (Fsp3) is 0.0909. The summed E-state index contributed by atoms with van der Waals surface area (Å²) in [6.45, 7) is 7.04. The smallest absolute Gasteiger partial charge is 0.264 e. The molecule has 16 heavy (non-hydrogen) atoms. The minimum Gasteiger partial charge on any atom is -0.264 e. The lowest BCUT2D eigenvalue weighted by Gasteiger charge is -2.11. The third-order valence-corrected chi connectivity index (χ3v) is 2.39. The van der Waals surface area contributed by atoms with Crippen molar-refractivity contribution in [2.24, 2.45) is 0 Å². The fourth-order valence-corrected chi connectivity index (χ4v) is 1.64. The van der Waals surface area contributed by atoms with Gasteiger partial charge in [0.25, 0.3) is 0 Å². The summed E-state index contributed by atoms with van der Waals surface area (Å²) in [6, 6.07) is 6.86. The van der Waals surface area contributed by atoms with Gasteiger partial charge in [-0.25, -0.2) is 4.18 Å². The summed E-state index contributed by atoms with van der Waals surface area (Å²) in [6.07, 6.45) is 2.06. The van der Waals surface area contributed by atoms with Crippen molar-refractivity contribution in [3.8, 4) is 0 Å². The molecule has 0 saturated heterocycles. The third kappa shape index (κ3) is 3.62. The Labute approximate surface area is 94.8 Å². The van der Waals surface area contributed by atoms with Crippen molar-refractivity contribution >= 4 is 16.5 Å². The molecule has 0 aliphatic heterocycles. The van der Waals surface area contributed by atoms with E-state index in [2.05, 4.69) is 17.3 Å². The molecule has 0 heterocycles. The first-order valence-corrected chi connectivity index (χ1v) is 5.83. The van der Waals surface area contributed by atoms with Crippen molar-refractivity contribution in [2.45, 2.75) is 6.10 Å². The van der Waals surface area contributed by atoms with Gasteiger partial charge in [0.1, 0.15) is 6.10 Å².